The van der Waals surface area contributed by atoms with Crippen LogP contribution in [0.4, 0.5) is 62.8 Å². The molecule has 40 heavy (non-hydrogen) atoms. The van der Waals surface area contributed by atoms with Crippen LogP contribution >= 0.6 is 15.9 Å². The smallest absolute Gasteiger partial charge is 0.493 e. The summed E-state index contributed by atoms with van der Waals surface area (Å²) in [5, 5.41) is 2.00. The van der Waals surface area contributed by atoms with Gasteiger partial charge in [0.05, 0.1) is 11.1 Å². The van der Waals surface area contributed by atoms with Crippen LogP contribution in [0.5, 0.6) is 5.75 Å². The fourth-order valence-electron chi connectivity index (χ4n) is 2.75. The van der Waals surface area contributed by atoms with Crippen molar-refractivity contribution in [2.24, 2.45) is 0 Å². The number of anilines is 1. The number of nitrogens with one attached hydrogen (secondary N) is 1. The van der Waals surface area contributed by atoms with E-state index in [0.29, 0.717) is 11.8 Å². The number of benzene rings is 2. The molecule has 0 heterocycles. The van der Waals surface area contributed by atoms with Crippen LogP contribution in [0.2, 0.25) is 0 Å². The molecule has 5 nitrogen and oxygen atoms in total. The van der Waals surface area contributed by atoms with Crippen molar-refractivity contribution < 1.29 is 76.1 Å². The number of carbonyl (C=O) groups excluding carboxylic acids is 1. The van der Waals surface area contributed by atoms with Crippen molar-refractivity contribution >= 4 is 27.5 Å². The zero-order valence-corrected chi connectivity index (χ0v) is 20.8. The van der Waals surface area contributed by atoms with Crippen molar-refractivity contribution in [3.8, 4) is 5.75 Å². The highest BCUT2D eigenvalue weighted by molar-refractivity contribution is 9.10. The van der Waals surface area contributed by atoms with E-state index in [9.17, 15) is 61.9 Å². The number of amides is 1. The summed E-state index contributed by atoms with van der Waals surface area (Å²) in [4.78, 5) is 12.4. The fraction of sp³-hybridized carbons (Fsp3) is 0.381. The lowest BCUT2D eigenvalue weighted by Gasteiger charge is -2.35. The van der Waals surface area contributed by atoms with Crippen LogP contribution in [-0.2, 0) is 15.4 Å². The van der Waals surface area contributed by atoms with Crippen molar-refractivity contribution in [1.82, 2.24) is 0 Å². The van der Waals surface area contributed by atoms with Gasteiger partial charge in [0.25, 0.3) is 5.91 Å². The molecule has 2 rings (SSSR count). The minimum absolute atomic E-state index is 0.0798. The van der Waals surface area contributed by atoms with Gasteiger partial charge in [-0.1, -0.05) is 12.1 Å². The molecular weight excluding hydrogens is 657 g/mol. The van der Waals surface area contributed by atoms with E-state index in [1.165, 1.54) is 18.2 Å². The van der Waals surface area contributed by atoms with E-state index < -0.39 is 53.7 Å². The van der Waals surface area contributed by atoms with Crippen LogP contribution < -0.4 is 10.1 Å². The third-order valence-corrected chi connectivity index (χ3v) is 5.19. The van der Waals surface area contributed by atoms with Crippen LogP contribution in [-0.4, -0.2) is 43.1 Å². The number of ether oxygens (including phenoxy) is 3. The van der Waals surface area contributed by atoms with Gasteiger partial charge in [-0.25, -0.2) is 9.47 Å². The van der Waals surface area contributed by atoms with Crippen LogP contribution in [0.25, 0.3) is 0 Å². The standard InChI is InChI=1S/C21H13BrF13NO4/c1-2-38-14-7-6-10(8-13(14)22)15(37)36-12-5-3-4-11(9-12)16(23,24)18(27,28)39-19(29,30)17(25,26)20(31,32)40-21(33,34)35/h3-9H,2H2,1H3,(H,36,37). The Morgan fingerprint density at radius 3 is 1.90 bits per heavy atom. The highest BCUT2D eigenvalue weighted by Gasteiger charge is 2.80. The first-order valence-corrected chi connectivity index (χ1v) is 11.0. The van der Waals surface area contributed by atoms with Gasteiger partial charge in [-0.3, -0.25) is 4.79 Å². The second-order valence-electron chi connectivity index (χ2n) is 7.46. The van der Waals surface area contributed by atoms with Gasteiger partial charge < -0.3 is 10.1 Å². The average molecular weight is 670 g/mol. The van der Waals surface area contributed by atoms with E-state index in [0.717, 1.165) is 6.07 Å². The van der Waals surface area contributed by atoms with Crippen molar-refractivity contribution in [3.05, 3.63) is 58.1 Å². The lowest BCUT2D eigenvalue weighted by Crippen LogP contribution is -2.61. The molecule has 0 aliphatic rings. The summed E-state index contributed by atoms with van der Waals surface area (Å²) in [5.41, 5.74) is -2.74. The van der Waals surface area contributed by atoms with Gasteiger partial charge in [-0.2, -0.15) is 43.9 Å². The van der Waals surface area contributed by atoms with Gasteiger partial charge in [0.15, 0.2) is 0 Å². The third kappa shape index (κ3) is 7.09. The molecule has 224 valence electrons. The van der Waals surface area contributed by atoms with Crippen molar-refractivity contribution in [1.29, 1.82) is 0 Å². The maximum atomic E-state index is 14.4. The van der Waals surface area contributed by atoms with E-state index in [1.807, 2.05) is 10.1 Å². The first-order valence-electron chi connectivity index (χ1n) is 10.2. The Morgan fingerprint density at radius 1 is 0.800 bits per heavy atom. The molecule has 19 heteroatoms. The number of rotatable bonds is 11. The van der Waals surface area contributed by atoms with Crippen LogP contribution in [0, 0.1) is 0 Å². The SMILES string of the molecule is CCOc1ccc(C(=O)Nc2cccc(C(F)(F)C(F)(F)OC(F)(F)C(F)(F)C(F)(F)OC(F)(F)F)c2)cc1Br. The summed E-state index contributed by atoms with van der Waals surface area (Å²) < 4.78 is 182. The molecule has 1 N–H and O–H groups in total. The molecule has 0 saturated carbocycles. The molecule has 0 radical (unpaired) electrons. The highest BCUT2D eigenvalue weighted by Crippen LogP contribution is 2.54. The molecule has 0 bridgehead atoms. The van der Waals surface area contributed by atoms with E-state index in [-0.39, 0.29) is 28.8 Å². The second kappa shape index (κ2) is 11.2. The lowest BCUT2D eigenvalue weighted by molar-refractivity contribution is -0.535. The zero-order valence-electron chi connectivity index (χ0n) is 19.2. The van der Waals surface area contributed by atoms with Gasteiger partial charge in [0, 0.05) is 16.8 Å². The summed E-state index contributed by atoms with van der Waals surface area (Å²) in [7, 11) is 0. The highest BCUT2D eigenvalue weighted by atomic mass is 79.9. The summed E-state index contributed by atoms with van der Waals surface area (Å²) >= 11 is 3.10. The molecule has 0 saturated heterocycles. The molecule has 0 aliphatic heterocycles. The largest absolute Gasteiger partial charge is 0.527 e. The van der Waals surface area contributed by atoms with E-state index in [2.05, 4.69) is 15.9 Å². The minimum Gasteiger partial charge on any atom is -0.493 e. The molecule has 0 fully saturated rings. The Bertz CT molecular complexity index is 1220. The first kappa shape index (κ1) is 33.4. The molecule has 2 aromatic carbocycles. The Labute approximate surface area is 223 Å². The summed E-state index contributed by atoms with van der Waals surface area (Å²) in [6, 6.07) is 5.44. The Morgan fingerprint density at radius 2 is 1.38 bits per heavy atom. The molecule has 0 spiro atoms. The predicted octanol–water partition coefficient (Wildman–Crippen LogP) is 8.16. The zero-order chi connectivity index (χ0) is 30.9. The normalized spacial score (nSPS) is 13.8. The molecule has 2 aromatic rings. The van der Waals surface area contributed by atoms with Gasteiger partial charge in [-0.05, 0) is 53.2 Å². The molecule has 1 amide bonds. The van der Waals surface area contributed by atoms with Crippen LogP contribution in [0.15, 0.2) is 46.9 Å². The topological polar surface area (TPSA) is 56.8 Å². The molecule has 0 aromatic heterocycles. The minimum atomic E-state index is -7.53. The third-order valence-electron chi connectivity index (χ3n) is 4.57. The predicted molar refractivity (Wildman–Crippen MR) is 112 cm³/mol. The number of alkyl halides is 13. The molecule has 0 atom stereocenters. The maximum Gasteiger partial charge on any atom is 0.527 e. The fourth-order valence-corrected chi connectivity index (χ4v) is 3.24. The number of halogens is 14. The summed E-state index contributed by atoms with van der Waals surface area (Å²) in [5.74, 6) is -14.2. The van der Waals surface area contributed by atoms with E-state index in [1.54, 1.807) is 11.7 Å². The summed E-state index contributed by atoms with van der Waals surface area (Å²) in [6.45, 7) is 1.92. The van der Waals surface area contributed by atoms with Gasteiger partial charge in [0.2, 0.25) is 0 Å². The van der Waals surface area contributed by atoms with E-state index in [4.69, 9.17) is 4.74 Å². The number of hydrogen-bond acceptors (Lipinski definition) is 4. The van der Waals surface area contributed by atoms with Crippen molar-refractivity contribution in [2.45, 2.75) is 43.5 Å². The maximum absolute atomic E-state index is 14.4. The summed E-state index contributed by atoms with van der Waals surface area (Å²) in [6.07, 6.45) is -28.0. The Kier molecular flexibility index (Phi) is 9.38. The molecule has 0 unspecified atom stereocenters. The second-order valence-corrected chi connectivity index (χ2v) is 8.32. The van der Waals surface area contributed by atoms with Gasteiger partial charge in [0.1, 0.15) is 5.75 Å². The van der Waals surface area contributed by atoms with Gasteiger partial charge >= 0.3 is 36.5 Å². The van der Waals surface area contributed by atoms with Crippen molar-refractivity contribution in [2.75, 3.05) is 11.9 Å². The molecule has 0 aliphatic carbocycles. The monoisotopic (exact) mass is 669 g/mol. The lowest BCUT2D eigenvalue weighted by atomic mass is 10.1. The number of carbonyl (C=O) groups is 1. The van der Waals surface area contributed by atoms with Crippen LogP contribution in [0.1, 0.15) is 22.8 Å². The van der Waals surface area contributed by atoms with Crippen molar-refractivity contribution in [3.63, 3.8) is 0 Å². The van der Waals surface area contributed by atoms with E-state index >= 15 is 0 Å². The quantitative estimate of drug-likeness (QED) is 0.245. The van der Waals surface area contributed by atoms with Crippen LogP contribution in [0.3, 0.4) is 0 Å². The Balaban J connectivity index is 2.32. The molecular formula is C21H13BrF13NO4. The average Bonchev–Trinajstić information content (AvgIpc) is 2.78. The first-order chi connectivity index (χ1) is 18.0. The Hall–Kier alpha value is -2.80. The van der Waals surface area contributed by atoms with Gasteiger partial charge in [-0.15, -0.1) is 13.2 Å². The number of hydrogen-bond donors (Lipinski definition) is 1.